The van der Waals surface area contributed by atoms with Crippen LogP contribution in [-0.2, 0) is 47.7 Å². The number of hydrogen-bond acceptors (Lipinski definition) is 13. The van der Waals surface area contributed by atoms with Crippen molar-refractivity contribution in [2.24, 2.45) is 29.1 Å². The number of aromatic amines is 3. The number of hydrogen-bond donors (Lipinski definition) is 3. The van der Waals surface area contributed by atoms with Gasteiger partial charge in [0.05, 0.1) is 82.6 Å². The van der Waals surface area contributed by atoms with Crippen molar-refractivity contribution in [1.29, 1.82) is 0 Å². The maximum absolute atomic E-state index is 13.2. The molecule has 3 N–H and O–H groups in total. The third-order valence-corrected chi connectivity index (χ3v) is 14.8. The molecule has 6 heterocycles. The van der Waals surface area contributed by atoms with Crippen molar-refractivity contribution in [2.45, 2.75) is 183 Å². The highest BCUT2D eigenvalue weighted by Gasteiger charge is 2.42. The molecule has 0 unspecified atom stereocenters. The number of carbonyl (C=O) groups excluding carboxylic acids is 6. The summed E-state index contributed by atoms with van der Waals surface area (Å²) in [6.45, 7) is 26.5. The van der Waals surface area contributed by atoms with Gasteiger partial charge in [-0.05, 0) is 74.5 Å². The second-order valence-corrected chi connectivity index (χ2v) is 22.4. The SMILES string of the molecule is COC(=O)C[C@H](C(=O)N1CCC[C@H]1c1ncc(C(C)C)[nH]1)C(C)(C)C.COC(=O)C[C@H](C(=O)N1CCC[C@H]1c1ncc(C(C)C)[nH]1)C(C)C.COC(=O)C[C@H](C(=O)N1CCC[C@H]1c1ncc(C(C)C)[nH]1)[C@@H](C)OC. The van der Waals surface area contributed by atoms with Gasteiger partial charge in [-0.3, -0.25) is 28.8 Å². The van der Waals surface area contributed by atoms with Crippen LogP contribution in [0.15, 0.2) is 18.6 Å². The first-order valence-corrected chi connectivity index (χ1v) is 26.7. The van der Waals surface area contributed by atoms with E-state index in [2.05, 4.69) is 71.4 Å². The van der Waals surface area contributed by atoms with Crippen molar-refractivity contribution in [2.75, 3.05) is 48.1 Å². The summed E-state index contributed by atoms with van der Waals surface area (Å²) < 4.78 is 19.6. The van der Waals surface area contributed by atoms with Crippen LogP contribution in [0.25, 0.3) is 0 Å². The smallest absolute Gasteiger partial charge is 0.306 e. The number of carbonyl (C=O) groups is 6. The highest BCUT2D eigenvalue weighted by Crippen LogP contribution is 2.39. The first-order chi connectivity index (χ1) is 34.9. The normalized spacial score (nSPS) is 19.5. The van der Waals surface area contributed by atoms with Gasteiger partial charge in [-0.1, -0.05) is 76.2 Å². The zero-order valence-corrected chi connectivity index (χ0v) is 47.3. The van der Waals surface area contributed by atoms with E-state index in [-0.39, 0.29) is 90.4 Å². The van der Waals surface area contributed by atoms with Crippen LogP contribution < -0.4 is 0 Å². The highest BCUT2D eigenvalue weighted by molar-refractivity contribution is 5.86. The molecule has 3 aliphatic heterocycles. The molecule has 0 aliphatic carbocycles. The minimum absolute atomic E-state index is 0.0166. The number of ether oxygens (including phenoxy) is 4. The van der Waals surface area contributed by atoms with Gasteiger partial charge < -0.3 is 48.6 Å². The van der Waals surface area contributed by atoms with Gasteiger partial charge >= 0.3 is 17.9 Å². The average molecular weight is 1040 g/mol. The van der Waals surface area contributed by atoms with E-state index in [4.69, 9.17) is 18.9 Å². The fraction of sp³-hybridized carbons (Fsp3) is 0.727. The Balaban J connectivity index is 0.000000240. The molecule has 0 radical (unpaired) electrons. The van der Waals surface area contributed by atoms with E-state index >= 15 is 0 Å². The minimum Gasteiger partial charge on any atom is -0.469 e. The molecule has 3 saturated heterocycles. The molecule has 7 atom stereocenters. The standard InChI is InChI=1S/C19H31N3O3.C18H29N3O4.C18H29N3O3/c1-12(2)14-11-20-17(21-14)15-8-7-9-22(15)18(24)13(19(3,4)5)10-16(23)25-6;1-11(2)14-10-19-17(20-14)15-7-6-8-21(15)18(23)13(12(3)24-4)9-16(22)25-5;1-11(2)13(9-16(22)24-5)18(23)21-8-6-7-15(21)17-19-10-14(20-17)12(3)4/h11-13,15H,7-10H2,1-6H3,(H,20,21);10-13,15H,6-9H2,1-5H3,(H,19,20);10-13,15H,6-9H2,1-5H3,(H,19,20)/t13-,15+;12-,13+,15+;13-,15-/m110/s1. The fourth-order valence-electron chi connectivity index (χ4n) is 9.78. The number of aromatic nitrogens is 6. The molecule has 3 aliphatic rings. The quantitative estimate of drug-likeness (QED) is 0.0799. The maximum Gasteiger partial charge on any atom is 0.306 e. The maximum atomic E-state index is 13.2. The number of likely N-dealkylation sites (tertiary alicyclic amines) is 3. The third kappa shape index (κ3) is 16.0. The van der Waals surface area contributed by atoms with Crippen LogP contribution in [0.5, 0.6) is 0 Å². The predicted octanol–water partition coefficient (Wildman–Crippen LogP) is 8.86. The molecular formula is C55H89N9O10. The van der Waals surface area contributed by atoms with E-state index in [1.807, 2.05) is 67.9 Å². The Bertz CT molecular complexity index is 2290. The number of rotatable bonds is 18. The van der Waals surface area contributed by atoms with Crippen LogP contribution in [-0.4, -0.2) is 134 Å². The van der Waals surface area contributed by atoms with Gasteiger partial charge in [-0.2, -0.15) is 0 Å². The van der Waals surface area contributed by atoms with E-state index in [0.29, 0.717) is 37.4 Å². The van der Waals surface area contributed by atoms with Gasteiger partial charge in [0, 0.05) is 62.4 Å². The highest BCUT2D eigenvalue weighted by atomic mass is 16.5. The summed E-state index contributed by atoms with van der Waals surface area (Å²) in [5, 5.41) is 0. The van der Waals surface area contributed by atoms with Crippen LogP contribution in [0.2, 0.25) is 0 Å². The second kappa shape index (κ2) is 27.8. The van der Waals surface area contributed by atoms with E-state index in [9.17, 15) is 28.8 Å². The lowest BCUT2D eigenvalue weighted by molar-refractivity contribution is -0.151. The molecule has 19 nitrogen and oxygen atoms in total. The van der Waals surface area contributed by atoms with Crippen LogP contribution in [0.1, 0.15) is 211 Å². The summed E-state index contributed by atoms with van der Waals surface area (Å²) in [5.41, 5.74) is 2.91. The molecule has 3 aromatic rings. The summed E-state index contributed by atoms with van der Waals surface area (Å²) in [7, 11) is 5.60. The van der Waals surface area contributed by atoms with Crippen molar-refractivity contribution in [3.63, 3.8) is 0 Å². The molecule has 3 fully saturated rings. The van der Waals surface area contributed by atoms with Crippen LogP contribution in [0.3, 0.4) is 0 Å². The lowest BCUT2D eigenvalue weighted by atomic mass is 9.77. The largest absolute Gasteiger partial charge is 0.469 e. The molecule has 0 aromatic carbocycles. The van der Waals surface area contributed by atoms with Crippen molar-refractivity contribution in [1.82, 2.24) is 44.6 Å². The van der Waals surface area contributed by atoms with Gasteiger partial charge in [0.1, 0.15) is 17.5 Å². The molecule has 3 aromatic heterocycles. The lowest BCUT2D eigenvalue weighted by Gasteiger charge is -2.34. The Kier molecular flexibility index (Phi) is 22.9. The van der Waals surface area contributed by atoms with E-state index < -0.39 is 17.8 Å². The number of methoxy groups -OCH3 is 4. The van der Waals surface area contributed by atoms with Crippen molar-refractivity contribution in [3.05, 3.63) is 53.1 Å². The molecule has 6 rings (SSSR count). The molecule has 414 valence electrons. The van der Waals surface area contributed by atoms with Crippen LogP contribution in [0, 0.1) is 29.1 Å². The van der Waals surface area contributed by atoms with Gasteiger partial charge in [-0.15, -0.1) is 0 Å². The minimum atomic E-state index is -0.558. The van der Waals surface area contributed by atoms with E-state index in [1.54, 1.807) is 14.0 Å². The first-order valence-electron chi connectivity index (χ1n) is 26.7. The number of H-pyrrole nitrogens is 3. The third-order valence-electron chi connectivity index (χ3n) is 14.8. The Hall–Kier alpha value is -5.59. The van der Waals surface area contributed by atoms with Crippen molar-refractivity contribution >= 4 is 35.6 Å². The van der Waals surface area contributed by atoms with Gasteiger partial charge in [-0.25, -0.2) is 15.0 Å². The number of nitrogens with one attached hydrogen (secondary N) is 3. The molecule has 0 spiro atoms. The van der Waals surface area contributed by atoms with Crippen LogP contribution in [0.4, 0.5) is 0 Å². The summed E-state index contributed by atoms with van der Waals surface area (Å²) >= 11 is 0. The molecule has 0 saturated carbocycles. The van der Waals surface area contributed by atoms with E-state index in [1.165, 1.54) is 21.3 Å². The average Bonchev–Trinajstić information content (AvgIpc) is 4.22. The fourth-order valence-corrected chi connectivity index (χ4v) is 9.78. The zero-order chi connectivity index (χ0) is 55.2. The first kappa shape index (κ1) is 61.0. The summed E-state index contributed by atoms with van der Waals surface area (Å²) in [4.78, 5) is 104. The monoisotopic (exact) mass is 1040 g/mol. The second-order valence-electron chi connectivity index (χ2n) is 22.4. The zero-order valence-electron chi connectivity index (χ0n) is 47.3. The summed E-state index contributed by atoms with van der Waals surface area (Å²) in [5.74, 6) is 1.27. The van der Waals surface area contributed by atoms with Gasteiger partial charge in [0.25, 0.3) is 0 Å². The molecule has 74 heavy (non-hydrogen) atoms. The molecule has 3 amide bonds. The summed E-state index contributed by atoms with van der Waals surface area (Å²) in [6, 6.07) is -0.143. The predicted molar refractivity (Wildman–Crippen MR) is 280 cm³/mol. The Morgan fingerprint density at radius 1 is 0.527 bits per heavy atom. The number of esters is 3. The molecular weight excluding hydrogens is 947 g/mol. The number of amides is 3. The summed E-state index contributed by atoms with van der Waals surface area (Å²) in [6.07, 6.45) is 10.9. The lowest BCUT2D eigenvalue weighted by Crippen LogP contribution is -2.42. The van der Waals surface area contributed by atoms with Crippen LogP contribution >= 0.6 is 0 Å². The Morgan fingerprint density at radius 2 is 0.851 bits per heavy atom. The number of imidazole rings is 3. The Labute approximate surface area is 439 Å². The Morgan fingerprint density at radius 3 is 1.15 bits per heavy atom. The van der Waals surface area contributed by atoms with E-state index in [0.717, 1.165) is 73.1 Å². The number of nitrogens with zero attached hydrogens (tertiary/aromatic N) is 6. The van der Waals surface area contributed by atoms with Crippen molar-refractivity contribution in [3.8, 4) is 0 Å². The van der Waals surface area contributed by atoms with Crippen molar-refractivity contribution < 1.29 is 47.7 Å². The molecule has 19 heteroatoms. The van der Waals surface area contributed by atoms with Gasteiger partial charge in [0.2, 0.25) is 17.7 Å². The molecule has 0 bridgehead atoms. The van der Waals surface area contributed by atoms with Gasteiger partial charge in [0.15, 0.2) is 0 Å². The topological polar surface area (TPSA) is 235 Å².